The molecule has 116 valence electrons. The number of carbonyl (C=O) groups is 1. The second kappa shape index (κ2) is 6.47. The summed E-state index contributed by atoms with van der Waals surface area (Å²) in [4.78, 5) is 13.3. The number of methoxy groups -OCH3 is 1. The van der Waals surface area contributed by atoms with Crippen LogP contribution < -0.4 is 0 Å². The molecule has 1 saturated heterocycles. The summed E-state index contributed by atoms with van der Waals surface area (Å²) in [5.41, 5.74) is 1.45. The quantitative estimate of drug-likeness (QED) is 0.803. The highest BCUT2D eigenvalue weighted by molar-refractivity contribution is 5.89. The molecular formula is C15H18F3NO2. The van der Waals surface area contributed by atoms with E-state index in [4.69, 9.17) is 0 Å². The number of carbonyl (C=O) groups excluding carboxylic acids is 1. The molecule has 0 spiro atoms. The van der Waals surface area contributed by atoms with Crippen LogP contribution >= 0.6 is 0 Å². The lowest BCUT2D eigenvalue weighted by Crippen LogP contribution is -2.38. The highest BCUT2D eigenvalue weighted by Gasteiger charge is 2.40. The molecule has 0 aliphatic carbocycles. The van der Waals surface area contributed by atoms with Crippen LogP contribution in [-0.2, 0) is 11.3 Å². The summed E-state index contributed by atoms with van der Waals surface area (Å²) in [7, 11) is 1.32. The number of likely N-dealkylation sites (tertiary alicyclic amines) is 1. The number of hydrogen-bond acceptors (Lipinski definition) is 3. The minimum atomic E-state index is -4.08. The van der Waals surface area contributed by atoms with Crippen LogP contribution in [0, 0.1) is 5.92 Å². The monoisotopic (exact) mass is 301 g/mol. The van der Waals surface area contributed by atoms with Crippen LogP contribution in [-0.4, -0.2) is 37.2 Å². The summed E-state index contributed by atoms with van der Waals surface area (Å²) in [6.07, 6.45) is -3.76. The van der Waals surface area contributed by atoms with Gasteiger partial charge in [0, 0.05) is 6.54 Å². The minimum Gasteiger partial charge on any atom is -0.465 e. The number of nitrogens with zero attached hydrogens (tertiary/aromatic N) is 1. The van der Waals surface area contributed by atoms with Crippen molar-refractivity contribution in [2.75, 3.05) is 20.2 Å². The van der Waals surface area contributed by atoms with Crippen molar-refractivity contribution in [2.24, 2.45) is 5.92 Å². The Balaban J connectivity index is 1.88. The zero-order valence-electron chi connectivity index (χ0n) is 11.8. The summed E-state index contributed by atoms with van der Waals surface area (Å²) >= 11 is 0. The standard InChI is InChI=1S/C15H18F3NO2/c1-21-14(20)12-4-2-11(3-5-12)10-19-8-6-13(7-9-19)15(16,17)18/h2-5,13H,6-10H2,1H3. The first-order chi connectivity index (χ1) is 9.90. The molecule has 3 nitrogen and oxygen atoms in total. The molecule has 0 N–H and O–H groups in total. The Labute approximate surface area is 121 Å². The van der Waals surface area contributed by atoms with E-state index in [-0.39, 0.29) is 12.8 Å². The first-order valence-corrected chi connectivity index (χ1v) is 6.86. The smallest absolute Gasteiger partial charge is 0.391 e. The maximum Gasteiger partial charge on any atom is 0.391 e. The van der Waals surface area contributed by atoms with E-state index in [1.807, 2.05) is 17.0 Å². The van der Waals surface area contributed by atoms with E-state index in [9.17, 15) is 18.0 Å². The van der Waals surface area contributed by atoms with Gasteiger partial charge >= 0.3 is 12.1 Å². The van der Waals surface area contributed by atoms with E-state index >= 15 is 0 Å². The van der Waals surface area contributed by atoms with Crippen LogP contribution in [0.5, 0.6) is 0 Å². The van der Waals surface area contributed by atoms with Crippen molar-refractivity contribution < 1.29 is 22.7 Å². The SMILES string of the molecule is COC(=O)c1ccc(CN2CCC(C(F)(F)F)CC2)cc1. The first-order valence-electron chi connectivity index (χ1n) is 6.86. The Morgan fingerprint density at radius 1 is 1.24 bits per heavy atom. The van der Waals surface area contributed by atoms with E-state index in [2.05, 4.69) is 4.74 Å². The molecule has 0 saturated carbocycles. The predicted octanol–water partition coefficient (Wildman–Crippen LogP) is 3.25. The maximum atomic E-state index is 12.6. The molecule has 6 heteroatoms. The second-order valence-corrected chi connectivity index (χ2v) is 5.28. The average molecular weight is 301 g/mol. The van der Waals surface area contributed by atoms with Crippen LogP contribution in [0.4, 0.5) is 13.2 Å². The highest BCUT2D eigenvalue weighted by atomic mass is 19.4. The minimum absolute atomic E-state index is 0.156. The number of alkyl halides is 3. The van der Waals surface area contributed by atoms with Gasteiger partial charge in [0.2, 0.25) is 0 Å². The van der Waals surface area contributed by atoms with Gasteiger partial charge in [0.05, 0.1) is 18.6 Å². The third kappa shape index (κ3) is 4.20. The number of halogens is 3. The van der Waals surface area contributed by atoms with E-state index < -0.39 is 18.1 Å². The molecule has 1 aromatic carbocycles. The molecular weight excluding hydrogens is 283 g/mol. The summed E-state index contributed by atoms with van der Waals surface area (Å²) < 4.78 is 42.4. The van der Waals surface area contributed by atoms with Gasteiger partial charge in [-0.15, -0.1) is 0 Å². The van der Waals surface area contributed by atoms with Gasteiger partial charge in [-0.2, -0.15) is 13.2 Å². The molecule has 0 atom stereocenters. The summed E-state index contributed by atoms with van der Waals surface area (Å²) in [5.74, 6) is -1.57. The van der Waals surface area contributed by atoms with Crippen LogP contribution in [0.15, 0.2) is 24.3 Å². The van der Waals surface area contributed by atoms with Crippen LogP contribution in [0.2, 0.25) is 0 Å². The number of hydrogen-bond donors (Lipinski definition) is 0. The molecule has 0 amide bonds. The van der Waals surface area contributed by atoms with Gasteiger partial charge < -0.3 is 4.74 Å². The average Bonchev–Trinajstić information content (AvgIpc) is 2.47. The summed E-state index contributed by atoms with van der Waals surface area (Å²) in [6.45, 7) is 1.50. The van der Waals surface area contributed by atoms with Crippen molar-refractivity contribution >= 4 is 5.97 Å². The van der Waals surface area contributed by atoms with Crippen molar-refractivity contribution in [3.8, 4) is 0 Å². The Morgan fingerprint density at radius 2 is 1.81 bits per heavy atom. The second-order valence-electron chi connectivity index (χ2n) is 5.28. The van der Waals surface area contributed by atoms with Crippen molar-refractivity contribution in [2.45, 2.75) is 25.6 Å². The van der Waals surface area contributed by atoms with Gasteiger partial charge in [0.15, 0.2) is 0 Å². The van der Waals surface area contributed by atoms with Crippen molar-refractivity contribution in [3.05, 3.63) is 35.4 Å². The van der Waals surface area contributed by atoms with Gasteiger partial charge in [-0.1, -0.05) is 12.1 Å². The normalized spacial score (nSPS) is 17.7. The van der Waals surface area contributed by atoms with Gasteiger partial charge in [0.1, 0.15) is 0 Å². The molecule has 1 aliphatic rings. The van der Waals surface area contributed by atoms with Gasteiger partial charge in [-0.05, 0) is 43.6 Å². The highest BCUT2D eigenvalue weighted by Crippen LogP contribution is 2.34. The molecule has 1 aromatic rings. The van der Waals surface area contributed by atoms with Crippen LogP contribution in [0.25, 0.3) is 0 Å². The van der Waals surface area contributed by atoms with Crippen molar-refractivity contribution in [1.29, 1.82) is 0 Å². The fourth-order valence-corrected chi connectivity index (χ4v) is 2.54. The van der Waals surface area contributed by atoms with Crippen LogP contribution in [0.1, 0.15) is 28.8 Å². The lowest BCUT2D eigenvalue weighted by Gasteiger charge is -2.32. The molecule has 1 aliphatic heterocycles. The zero-order chi connectivity index (χ0) is 15.5. The molecule has 1 heterocycles. The lowest BCUT2D eigenvalue weighted by atomic mass is 9.96. The van der Waals surface area contributed by atoms with Gasteiger partial charge in [0.25, 0.3) is 0 Å². The maximum absolute atomic E-state index is 12.6. The largest absolute Gasteiger partial charge is 0.465 e. The predicted molar refractivity (Wildman–Crippen MR) is 71.8 cm³/mol. The first kappa shape index (κ1) is 15.8. The molecule has 0 unspecified atom stereocenters. The fraction of sp³-hybridized carbons (Fsp3) is 0.533. The third-order valence-corrected chi connectivity index (χ3v) is 3.83. The molecule has 0 aromatic heterocycles. The topological polar surface area (TPSA) is 29.5 Å². The van der Waals surface area contributed by atoms with E-state index in [1.54, 1.807) is 12.1 Å². The molecule has 2 rings (SSSR count). The van der Waals surface area contributed by atoms with E-state index in [0.29, 0.717) is 25.2 Å². The third-order valence-electron chi connectivity index (χ3n) is 3.83. The van der Waals surface area contributed by atoms with E-state index in [0.717, 1.165) is 5.56 Å². The van der Waals surface area contributed by atoms with Gasteiger partial charge in [-0.3, -0.25) is 4.90 Å². The molecule has 0 bridgehead atoms. The van der Waals surface area contributed by atoms with E-state index in [1.165, 1.54) is 7.11 Å². The number of rotatable bonds is 3. The Morgan fingerprint density at radius 3 is 2.29 bits per heavy atom. The number of piperidine rings is 1. The molecule has 21 heavy (non-hydrogen) atoms. The Kier molecular flexibility index (Phi) is 4.88. The molecule has 1 fully saturated rings. The number of benzene rings is 1. The number of esters is 1. The fourth-order valence-electron chi connectivity index (χ4n) is 2.54. The lowest BCUT2D eigenvalue weighted by molar-refractivity contribution is -0.185. The Hall–Kier alpha value is -1.56. The summed E-state index contributed by atoms with van der Waals surface area (Å²) in [6, 6.07) is 6.96. The van der Waals surface area contributed by atoms with Crippen LogP contribution in [0.3, 0.4) is 0 Å². The zero-order valence-corrected chi connectivity index (χ0v) is 11.8. The van der Waals surface area contributed by atoms with Crippen molar-refractivity contribution in [3.63, 3.8) is 0 Å². The Bertz CT molecular complexity index is 477. The van der Waals surface area contributed by atoms with Gasteiger partial charge in [-0.25, -0.2) is 4.79 Å². The molecule has 0 radical (unpaired) electrons. The number of ether oxygens (including phenoxy) is 1. The van der Waals surface area contributed by atoms with Crippen molar-refractivity contribution in [1.82, 2.24) is 4.90 Å². The summed E-state index contributed by atoms with van der Waals surface area (Å²) in [5, 5.41) is 0.